The highest BCUT2D eigenvalue weighted by Crippen LogP contribution is 2.42. The fraction of sp³-hybridized carbons (Fsp3) is 0.632. The van der Waals surface area contributed by atoms with E-state index in [-0.39, 0.29) is 17.4 Å². The number of hydrogen-bond donors (Lipinski definition) is 2. The van der Waals surface area contributed by atoms with E-state index in [1.807, 2.05) is 13.0 Å². The molecule has 0 aliphatic heterocycles. The largest absolute Gasteiger partial charge is 0.493 e. The molecule has 0 saturated heterocycles. The Bertz CT molecular complexity index is 552. The molecule has 1 saturated carbocycles. The molecule has 3 N–H and O–H groups in total. The second kappa shape index (κ2) is 8.38. The number of carbonyl (C=O) groups excluding carboxylic acids is 1. The monoisotopic (exact) mass is 334 g/mol. The molecule has 24 heavy (non-hydrogen) atoms. The second-order valence-electron chi connectivity index (χ2n) is 6.87. The molecule has 0 radical (unpaired) electrons. The molecule has 1 unspecified atom stereocenters. The summed E-state index contributed by atoms with van der Waals surface area (Å²) < 4.78 is 10.8. The number of carbonyl (C=O) groups is 1. The lowest BCUT2D eigenvalue weighted by Crippen LogP contribution is -2.43. The highest BCUT2D eigenvalue weighted by molar-refractivity contribution is 5.76. The molecule has 1 atom stereocenters. The van der Waals surface area contributed by atoms with Crippen LogP contribution in [0.2, 0.25) is 0 Å². The summed E-state index contributed by atoms with van der Waals surface area (Å²) in [4.78, 5) is 12.1. The van der Waals surface area contributed by atoms with E-state index in [9.17, 15) is 4.79 Å². The number of methoxy groups -OCH3 is 2. The van der Waals surface area contributed by atoms with Gasteiger partial charge in [-0.05, 0) is 37.5 Å². The van der Waals surface area contributed by atoms with Gasteiger partial charge in [0.25, 0.3) is 0 Å². The summed E-state index contributed by atoms with van der Waals surface area (Å²) in [7, 11) is 3.29. The van der Waals surface area contributed by atoms with Crippen LogP contribution in [0.4, 0.5) is 0 Å². The summed E-state index contributed by atoms with van der Waals surface area (Å²) in [6.07, 6.45) is 6.11. The second-order valence-corrected chi connectivity index (χ2v) is 6.87. The van der Waals surface area contributed by atoms with E-state index in [0.29, 0.717) is 13.0 Å². The molecule has 1 aliphatic carbocycles. The minimum Gasteiger partial charge on any atom is -0.493 e. The average molecular weight is 334 g/mol. The van der Waals surface area contributed by atoms with Gasteiger partial charge in [0.1, 0.15) is 0 Å². The van der Waals surface area contributed by atoms with Gasteiger partial charge in [0.2, 0.25) is 5.91 Å². The lowest BCUT2D eigenvalue weighted by atomic mass is 9.69. The van der Waals surface area contributed by atoms with Crippen molar-refractivity contribution in [2.45, 2.75) is 56.9 Å². The van der Waals surface area contributed by atoms with Gasteiger partial charge in [-0.2, -0.15) is 0 Å². The van der Waals surface area contributed by atoms with Crippen molar-refractivity contribution in [3.8, 4) is 11.5 Å². The van der Waals surface area contributed by atoms with Gasteiger partial charge in [0.05, 0.1) is 14.2 Å². The van der Waals surface area contributed by atoms with Crippen LogP contribution in [-0.4, -0.2) is 32.7 Å². The Hall–Kier alpha value is -1.75. The average Bonchev–Trinajstić information content (AvgIpc) is 2.59. The summed E-state index contributed by atoms with van der Waals surface area (Å²) in [5, 5.41) is 3.10. The molecule has 2 rings (SSSR count). The number of ether oxygens (including phenoxy) is 2. The van der Waals surface area contributed by atoms with E-state index < -0.39 is 0 Å². The predicted molar refractivity (Wildman–Crippen MR) is 95.6 cm³/mol. The Kier molecular flexibility index (Phi) is 6.49. The fourth-order valence-corrected chi connectivity index (χ4v) is 3.59. The van der Waals surface area contributed by atoms with E-state index in [4.69, 9.17) is 15.2 Å². The Labute approximate surface area is 144 Å². The van der Waals surface area contributed by atoms with Crippen LogP contribution in [0.15, 0.2) is 18.2 Å². The number of nitrogens with one attached hydrogen (secondary N) is 1. The number of amides is 1. The van der Waals surface area contributed by atoms with E-state index in [2.05, 4.69) is 17.4 Å². The molecule has 1 aromatic carbocycles. The third kappa shape index (κ3) is 4.41. The van der Waals surface area contributed by atoms with Crippen molar-refractivity contribution >= 4 is 5.91 Å². The minimum atomic E-state index is -0.117. The molecule has 1 amide bonds. The van der Waals surface area contributed by atoms with Crippen LogP contribution in [0, 0.1) is 0 Å². The topological polar surface area (TPSA) is 73.6 Å². The predicted octanol–water partition coefficient (Wildman–Crippen LogP) is 2.76. The maximum atomic E-state index is 12.1. The Morgan fingerprint density at radius 3 is 2.46 bits per heavy atom. The molecule has 0 spiro atoms. The summed E-state index contributed by atoms with van der Waals surface area (Å²) in [6, 6.07) is 5.99. The van der Waals surface area contributed by atoms with Crippen molar-refractivity contribution < 1.29 is 14.3 Å². The van der Waals surface area contributed by atoms with Gasteiger partial charge in [0.15, 0.2) is 11.5 Å². The smallest absolute Gasteiger partial charge is 0.221 e. The SMILES string of the molecule is COc1ccc(C2(CNC(=O)CC(C)N)CCCCC2)cc1OC. The number of rotatable bonds is 7. The standard InChI is InChI=1S/C19H30N2O3/c1-14(20)11-18(22)21-13-19(9-5-4-6-10-19)15-7-8-16(23-2)17(12-15)24-3/h7-8,12,14H,4-6,9-11,13,20H2,1-3H3,(H,21,22). The van der Waals surface area contributed by atoms with Crippen molar-refractivity contribution in [1.82, 2.24) is 5.32 Å². The van der Waals surface area contributed by atoms with Crippen molar-refractivity contribution in [2.24, 2.45) is 5.73 Å². The summed E-state index contributed by atoms with van der Waals surface area (Å²) in [5.41, 5.74) is 6.90. The summed E-state index contributed by atoms with van der Waals surface area (Å²) >= 11 is 0. The molecule has 5 heteroatoms. The lowest BCUT2D eigenvalue weighted by Gasteiger charge is -2.38. The molecule has 1 aliphatic rings. The first-order chi connectivity index (χ1) is 11.5. The fourth-order valence-electron chi connectivity index (χ4n) is 3.59. The molecule has 5 nitrogen and oxygen atoms in total. The first-order valence-corrected chi connectivity index (χ1v) is 8.75. The van der Waals surface area contributed by atoms with Crippen LogP contribution in [0.1, 0.15) is 51.0 Å². The Morgan fingerprint density at radius 2 is 1.88 bits per heavy atom. The lowest BCUT2D eigenvalue weighted by molar-refractivity contribution is -0.121. The van der Waals surface area contributed by atoms with Crippen LogP contribution in [0.5, 0.6) is 11.5 Å². The van der Waals surface area contributed by atoms with Gasteiger partial charge in [-0.1, -0.05) is 25.3 Å². The van der Waals surface area contributed by atoms with E-state index in [1.54, 1.807) is 14.2 Å². The van der Waals surface area contributed by atoms with Crippen molar-refractivity contribution in [3.05, 3.63) is 23.8 Å². The Balaban J connectivity index is 2.22. The maximum Gasteiger partial charge on any atom is 0.221 e. The first-order valence-electron chi connectivity index (χ1n) is 8.75. The molecule has 1 fully saturated rings. The zero-order chi connectivity index (χ0) is 17.6. The number of benzene rings is 1. The van der Waals surface area contributed by atoms with Crippen molar-refractivity contribution in [3.63, 3.8) is 0 Å². The van der Waals surface area contributed by atoms with Crippen LogP contribution in [0.3, 0.4) is 0 Å². The van der Waals surface area contributed by atoms with Gasteiger partial charge in [-0.25, -0.2) is 0 Å². The van der Waals surface area contributed by atoms with Crippen LogP contribution in [-0.2, 0) is 10.2 Å². The van der Waals surface area contributed by atoms with Gasteiger partial charge in [0, 0.05) is 24.4 Å². The molecule has 0 aromatic heterocycles. The maximum absolute atomic E-state index is 12.1. The van der Waals surface area contributed by atoms with Gasteiger partial charge in [-0.3, -0.25) is 4.79 Å². The molecule has 0 heterocycles. The minimum absolute atomic E-state index is 0.0235. The summed E-state index contributed by atoms with van der Waals surface area (Å²) in [6.45, 7) is 2.50. The van der Waals surface area contributed by atoms with Crippen LogP contribution in [0.25, 0.3) is 0 Å². The zero-order valence-corrected chi connectivity index (χ0v) is 15.1. The highest BCUT2D eigenvalue weighted by atomic mass is 16.5. The zero-order valence-electron chi connectivity index (χ0n) is 15.1. The van der Waals surface area contributed by atoms with E-state index >= 15 is 0 Å². The van der Waals surface area contributed by atoms with Gasteiger partial charge >= 0.3 is 0 Å². The highest BCUT2D eigenvalue weighted by Gasteiger charge is 2.35. The third-order valence-corrected chi connectivity index (χ3v) is 4.94. The first kappa shape index (κ1) is 18.6. The molecule has 1 aromatic rings. The van der Waals surface area contributed by atoms with Crippen LogP contribution >= 0.6 is 0 Å². The molecular formula is C19H30N2O3. The van der Waals surface area contributed by atoms with Crippen molar-refractivity contribution in [2.75, 3.05) is 20.8 Å². The molecule has 134 valence electrons. The van der Waals surface area contributed by atoms with E-state index in [1.165, 1.54) is 24.8 Å². The van der Waals surface area contributed by atoms with Crippen molar-refractivity contribution in [1.29, 1.82) is 0 Å². The number of hydrogen-bond acceptors (Lipinski definition) is 4. The molecule has 0 bridgehead atoms. The third-order valence-electron chi connectivity index (χ3n) is 4.94. The Morgan fingerprint density at radius 1 is 1.21 bits per heavy atom. The quantitative estimate of drug-likeness (QED) is 0.804. The molecular weight excluding hydrogens is 304 g/mol. The summed E-state index contributed by atoms with van der Waals surface area (Å²) in [5.74, 6) is 1.49. The number of nitrogens with two attached hydrogens (primary N) is 1. The van der Waals surface area contributed by atoms with Gasteiger partial charge < -0.3 is 20.5 Å². The van der Waals surface area contributed by atoms with Gasteiger partial charge in [-0.15, -0.1) is 0 Å². The van der Waals surface area contributed by atoms with Crippen LogP contribution < -0.4 is 20.5 Å². The van der Waals surface area contributed by atoms with E-state index in [0.717, 1.165) is 24.3 Å². The normalized spacial score (nSPS) is 17.8.